The Morgan fingerprint density at radius 1 is 1.27 bits per heavy atom. The molecule has 0 spiro atoms. The van der Waals surface area contributed by atoms with E-state index in [1.54, 1.807) is 6.07 Å². The van der Waals surface area contributed by atoms with Gasteiger partial charge in [0.1, 0.15) is 6.54 Å². The van der Waals surface area contributed by atoms with Crippen molar-refractivity contribution in [2.24, 2.45) is 0 Å². The van der Waals surface area contributed by atoms with Crippen LogP contribution in [0.3, 0.4) is 0 Å². The predicted molar refractivity (Wildman–Crippen MR) is 97.1 cm³/mol. The average Bonchev–Trinajstić information content (AvgIpc) is 2.64. The number of benzene rings is 2. The summed E-state index contributed by atoms with van der Waals surface area (Å²) in [6, 6.07) is 11.3. The number of fused-ring (bicyclic) bond motifs is 1. The third kappa shape index (κ3) is 3.59. The molecular formula is C18H16N4O4. The Hall–Kier alpha value is -3.55. The molecule has 8 nitrogen and oxygen atoms in total. The van der Waals surface area contributed by atoms with Gasteiger partial charge in [-0.2, -0.15) is 0 Å². The van der Waals surface area contributed by atoms with E-state index in [2.05, 4.69) is 10.3 Å². The first-order valence-electron chi connectivity index (χ1n) is 8.00. The first-order chi connectivity index (χ1) is 12.5. The van der Waals surface area contributed by atoms with Gasteiger partial charge in [-0.1, -0.05) is 19.1 Å². The number of aromatic nitrogens is 2. The second-order valence-electron chi connectivity index (χ2n) is 5.74. The number of carbonyl (C=O) groups excluding carboxylic acids is 1. The number of anilines is 1. The molecule has 1 heterocycles. The second-order valence-corrected chi connectivity index (χ2v) is 5.74. The van der Waals surface area contributed by atoms with Gasteiger partial charge in [0.25, 0.3) is 11.2 Å². The van der Waals surface area contributed by atoms with E-state index in [-0.39, 0.29) is 23.5 Å². The highest BCUT2D eigenvalue weighted by Crippen LogP contribution is 2.16. The van der Waals surface area contributed by atoms with Gasteiger partial charge in [0, 0.05) is 17.8 Å². The minimum atomic E-state index is -0.580. The molecule has 0 bridgehead atoms. The first-order valence-corrected chi connectivity index (χ1v) is 8.00. The lowest BCUT2D eigenvalue weighted by Crippen LogP contribution is -2.28. The van der Waals surface area contributed by atoms with Crippen molar-refractivity contribution < 1.29 is 9.72 Å². The Morgan fingerprint density at radius 3 is 2.81 bits per heavy atom. The van der Waals surface area contributed by atoms with Gasteiger partial charge >= 0.3 is 0 Å². The van der Waals surface area contributed by atoms with Crippen LogP contribution in [0.1, 0.15) is 12.5 Å². The minimum absolute atomic E-state index is 0.0995. The summed E-state index contributed by atoms with van der Waals surface area (Å²) in [5.41, 5.74) is 1.37. The molecule has 1 aromatic heterocycles. The summed E-state index contributed by atoms with van der Waals surface area (Å²) in [5, 5.41) is 13.7. The molecule has 0 atom stereocenters. The summed E-state index contributed by atoms with van der Waals surface area (Å²) in [7, 11) is 0. The van der Waals surface area contributed by atoms with Crippen molar-refractivity contribution in [3.05, 3.63) is 74.8 Å². The maximum absolute atomic E-state index is 12.5. The van der Waals surface area contributed by atoms with Gasteiger partial charge in [0.15, 0.2) is 0 Å². The Kier molecular flexibility index (Phi) is 4.74. The fourth-order valence-electron chi connectivity index (χ4n) is 2.60. The molecule has 0 fully saturated rings. The molecular weight excluding hydrogens is 336 g/mol. The summed E-state index contributed by atoms with van der Waals surface area (Å²) >= 11 is 0. The monoisotopic (exact) mass is 352 g/mol. The van der Waals surface area contributed by atoms with E-state index >= 15 is 0 Å². The minimum Gasteiger partial charge on any atom is -0.325 e. The molecule has 132 valence electrons. The summed E-state index contributed by atoms with van der Waals surface area (Å²) in [6.07, 6.45) is 2.11. The zero-order valence-corrected chi connectivity index (χ0v) is 14.0. The third-order valence-corrected chi connectivity index (χ3v) is 3.95. The number of carbonyl (C=O) groups is 1. The van der Waals surface area contributed by atoms with Crippen LogP contribution in [0, 0.1) is 10.1 Å². The van der Waals surface area contributed by atoms with Crippen LogP contribution in [0.4, 0.5) is 11.4 Å². The summed E-state index contributed by atoms with van der Waals surface area (Å²) < 4.78 is 1.13. The van der Waals surface area contributed by atoms with Crippen molar-refractivity contribution in [1.29, 1.82) is 0 Å². The van der Waals surface area contributed by atoms with Crippen molar-refractivity contribution in [3.8, 4) is 0 Å². The van der Waals surface area contributed by atoms with Crippen LogP contribution in [0.5, 0.6) is 0 Å². The normalized spacial score (nSPS) is 10.7. The molecule has 3 rings (SSSR count). The molecule has 0 aliphatic carbocycles. The number of rotatable bonds is 5. The Balaban J connectivity index is 1.85. The molecule has 0 saturated heterocycles. The van der Waals surface area contributed by atoms with Crippen LogP contribution < -0.4 is 10.9 Å². The number of nitrogens with one attached hydrogen (secondary N) is 1. The molecule has 26 heavy (non-hydrogen) atoms. The summed E-state index contributed by atoms with van der Waals surface area (Å²) in [5.74, 6) is -0.382. The van der Waals surface area contributed by atoms with Crippen molar-refractivity contribution in [2.45, 2.75) is 19.9 Å². The lowest BCUT2D eigenvalue weighted by atomic mass is 10.1. The zero-order valence-electron chi connectivity index (χ0n) is 14.0. The lowest BCUT2D eigenvalue weighted by molar-refractivity contribution is -0.384. The highest BCUT2D eigenvalue weighted by molar-refractivity contribution is 5.90. The highest BCUT2D eigenvalue weighted by Gasteiger charge is 2.12. The largest absolute Gasteiger partial charge is 0.325 e. The number of hydrogen-bond donors (Lipinski definition) is 1. The fourth-order valence-corrected chi connectivity index (χ4v) is 2.60. The zero-order chi connectivity index (χ0) is 18.7. The standard InChI is InChI=1S/C18H16N4O4/c1-2-12-4-3-5-13(8-12)20-17(23)10-21-11-19-16-7-6-14(22(25)26)9-15(16)18(21)24/h3-9,11H,2,10H2,1H3,(H,20,23). The quantitative estimate of drug-likeness (QED) is 0.561. The molecule has 0 aliphatic rings. The molecule has 0 saturated carbocycles. The lowest BCUT2D eigenvalue weighted by Gasteiger charge is -2.09. The molecule has 3 aromatic rings. The number of nitrogens with zero attached hydrogens (tertiary/aromatic N) is 3. The van der Waals surface area contributed by atoms with E-state index in [1.807, 2.05) is 25.1 Å². The van der Waals surface area contributed by atoms with E-state index in [0.717, 1.165) is 16.6 Å². The summed E-state index contributed by atoms with van der Waals surface area (Å²) in [4.78, 5) is 39.1. The Morgan fingerprint density at radius 2 is 2.08 bits per heavy atom. The molecule has 1 N–H and O–H groups in total. The topological polar surface area (TPSA) is 107 Å². The van der Waals surface area contributed by atoms with Gasteiger partial charge in [0.2, 0.25) is 5.91 Å². The summed E-state index contributed by atoms with van der Waals surface area (Å²) in [6.45, 7) is 1.78. The van der Waals surface area contributed by atoms with E-state index in [0.29, 0.717) is 11.2 Å². The van der Waals surface area contributed by atoms with Crippen molar-refractivity contribution in [2.75, 3.05) is 5.32 Å². The van der Waals surface area contributed by atoms with Crippen LogP contribution in [-0.2, 0) is 17.8 Å². The average molecular weight is 352 g/mol. The highest BCUT2D eigenvalue weighted by atomic mass is 16.6. The number of nitro groups is 1. The van der Waals surface area contributed by atoms with Crippen molar-refractivity contribution in [3.63, 3.8) is 0 Å². The third-order valence-electron chi connectivity index (χ3n) is 3.95. The van der Waals surface area contributed by atoms with Crippen molar-refractivity contribution in [1.82, 2.24) is 9.55 Å². The number of aryl methyl sites for hydroxylation is 1. The van der Waals surface area contributed by atoms with Gasteiger partial charge < -0.3 is 5.32 Å². The fraction of sp³-hybridized carbons (Fsp3) is 0.167. The molecule has 2 aromatic carbocycles. The molecule has 0 unspecified atom stereocenters. The number of non-ortho nitro benzene ring substituents is 1. The maximum atomic E-state index is 12.5. The van der Waals surface area contributed by atoms with Gasteiger partial charge in [-0.25, -0.2) is 4.98 Å². The molecule has 0 aliphatic heterocycles. The first kappa shape index (κ1) is 17.3. The van der Waals surface area contributed by atoms with Crippen LogP contribution in [0.15, 0.2) is 53.6 Å². The smallest absolute Gasteiger partial charge is 0.270 e. The SMILES string of the molecule is CCc1cccc(NC(=O)Cn2cnc3ccc([N+](=O)[O-])cc3c2=O)c1. The van der Waals surface area contributed by atoms with Crippen LogP contribution in [-0.4, -0.2) is 20.4 Å². The van der Waals surface area contributed by atoms with E-state index in [1.165, 1.54) is 24.5 Å². The van der Waals surface area contributed by atoms with Crippen LogP contribution >= 0.6 is 0 Å². The predicted octanol–water partition coefficient (Wildman–Crippen LogP) is 2.51. The number of nitro benzene ring substituents is 1. The van der Waals surface area contributed by atoms with Crippen LogP contribution in [0.2, 0.25) is 0 Å². The Bertz CT molecular complexity index is 1060. The van der Waals surface area contributed by atoms with Gasteiger partial charge in [-0.05, 0) is 30.2 Å². The second kappa shape index (κ2) is 7.14. The van der Waals surface area contributed by atoms with E-state index in [9.17, 15) is 19.7 Å². The molecule has 0 radical (unpaired) electrons. The van der Waals surface area contributed by atoms with Gasteiger partial charge in [0.05, 0.1) is 22.2 Å². The van der Waals surface area contributed by atoms with Crippen molar-refractivity contribution >= 4 is 28.2 Å². The molecule has 8 heteroatoms. The molecule has 1 amide bonds. The van der Waals surface area contributed by atoms with E-state index < -0.39 is 10.5 Å². The van der Waals surface area contributed by atoms with Gasteiger partial charge in [-0.3, -0.25) is 24.3 Å². The number of amides is 1. The maximum Gasteiger partial charge on any atom is 0.270 e. The van der Waals surface area contributed by atoms with Gasteiger partial charge in [-0.15, -0.1) is 0 Å². The Labute approximate surface area is 148 Å². The van der Waals surface area contributed by atoms with E-state index in [4.69, 9.17) is 0 Å². The number of hydrogen-bond acceptors (Lipinski definition) is 5. The van der Waals surface area contributed by atoms with Crippen LogP contribution in [0.25, 0.3) is 10.9 Å².